The van der Waals surface area contributed by atoms with Crippen LogP contribution in [-0.2, 0) is 21.5 Å². The molecule has 0 aliphatic rings. The van der Waals surface area contributed by atoms with Crippen molar-refractivity contribution in [2.45, 2.75) is 72.2 Å². The molecule has 1 aromatic rings. The van der Waals surface area contributed by atoms with Crippen LogP contribution in [0.5, 0.6) is 11.5 Å². The summed E-state index contributed by atoms with van der Waals surface area (Å²) in [5, 5.41) is -0.671. The lowest BCUT2D eigenvalue weighted by atomic mass is 10.1. The zero-order chi connectivity index (χ0) is 20.8. The molecule has 27 heavy (non-hydrogen) atoms. The molecule has 0 aliphatic carbocycles. The second-order valence-corrected chi connectivity index (χ2v) is 9.58. The van der Waals surface area contributed by atoms with E-state index in [1.54, 1.807) is 26.0 Å². The van der Waals surface area contributed by atoms with Crippen LogP contribution in [0.3, 0.4) is 0 Å². The standard InChI is InChI=1S/C20H33NO5S/c1-8-16(6)21(20(22)11-14(2)3)13-17-9-10-18(25-7)19(12-17)26-27(23,24)15(4)5/h9-10,12,14-16H,8,11,13H2,1-7H3/t16-/m0/s1. The van der Waals surface area contributed by atoms with Gasteiger partial charge in [-0.05, 0) is 50.8 Å². The van der Waals surface area contributed by atoms with Crippen molar-refractivity contribution in [3.63, 3.8) is 0 Å². The molecule has 1 aromatic carbocycles. The molecule has 0 spiro atoms. The van der Waals surface area contributed by atoms with Gasteiger partial charge in [0.05, 0.1) is 12.4 Å². The van der Waals surface area contributed by atoms with Gasteiger partial charge in [-0.2, -0.15) is 8.42 Å². The van der Waals surface area contributed by atoms with E-state index < -0.39 is 15.4 Å². The molecule has 0 bridgehead atoms. The highest BCUT2D eigenvalue weighted by Gasteiger charge is 2.23. The average Bonchev–Trinajstić information content (AvgIpc) is 2.58. The second kappa shape index (κ2) is 9.97. The number of nitrogens with zero attached hydrogens (tertiary/aromatic N) is 1. The van der Waals surface area contributed by atoms with Crippen molar-refractivity contribution < 1.29 is 22.1 Å². The van der Waals surface area contributed by atoms with Gasteiger partial charge in [0, 0.05) is 19.0 Å². The Morgan fingerprint density at radius 2 is 1.74 bits per heavy atom. The number of benzene rings is 1. The molecule has 1 atom stereocenters. The first-order valence-electron chi connectivity index (χ1n) is 9.41. The molecular formula is C20H33NO5S. The van der Waals surface area contributed by atoms with E-state index in [2.05, 4.69) is 0 Å². The molecule has 0 heterocycles. The molecule has 0 aromatic heterocycles. The number of methoxy groups -OCH3 is 1. The number of rotatable bonds is 10. The number of hydrogen-bond acceptors (Lipinski definition) is 5. The van der Waals surface area contributed by atoms with Gasteiger partial charge in [0.25, 0.3) is 0 Å². The smallest absolute Gasteiger partial charge is 0.311 e. The van der Waals surface area contributed by atoms with Crippen LogP contribution >= 0.6 is 0 Å². The van der Waals surface area contributed by atoms with Crippen molar-refractivity contribution in [2.75, 3.05) is 7.11 Å². The van der Waals surface area contributed by atoms with Crippen LogP contribution in [0.25, 0.3) is 0 Å². The first-order valence-corrected chi connectivity index (χ1v) is 10.9. The van der Waals surface area contributed by atoms with Gasteiger partial charge in [-0.15, -0.1) is 0 Å². The molecule has 0 radical (unpaired) electrons. The summed E-state index contributed by atoms with van der Waals surface area (Å²) in [6, 6.07) is 5.22. The molecule has 0 fully saturated rings. The summed E-state index contributed by atoms with van der Waals surface area (Å²) in [4.78, 5) is 14.5. The summed E-state index contributed by atoms with van der Waals surface area (Å²) in [5.41, 5.74) is 0.794. The number of ether oxygens (including phenoxy) is 1. The number of hydrogen-bond donors (Lipinski definition) is 0. The summed E-state index contributed by atoms with van der Waals surface area (Å²) < 4.78 is 34.8. The predicted octanol–water partition coefficient (Wildman–Crippen LogP) is 3.99. The van der Waals surface area contributed by atoms with Crippen LogP contribution in [0.2, 0.25) is 0 Å². The molecular weight excluding hydrogens is 366 g/mol. The SMILES string of the molecule is CC[C@H](C)N(Cc1ccc(OC)c(OS(=O)(=O)C(C)C)c1)C(=O)CC(C)C. The molecule has 0 saturated heterocycles. The lowest BCUT2D eigenvalue weighted by molar-refractivity contribution is -0.134. The van der Waals surface area contributed by atoms with E-state index in [-0.39, 0.29) is 23.6 Å². The Hall–Kier alpha value is -1.76. The van der Waals surface area contributed by atoms with Crippen LogP contribution < -0.4 is 8.92 Å². The van der Waals surface area contributed by atoms with Gasteiger partial charge >= 0.3 is 10.1 Å². The first-order chi connectivity index (χ1) is 12.5. The molecule has 6 nitrogen and oxygen atoms in total. The van der Waals surface area contributed by atoms with Crippen LogP contribution in [0, 0.1) is 5.92 Å². The van der Waals surface area contributed by atoms with Gasteiger partial charge in [-0.1, -0.05) is 26.8 Å². The topological polar surface area (TPSA) is 72.9 Å². The molecule has 7 heteroatoms. The Balaban J connectivity index is 3.17. The van der Waals surface area contributed by atoms with E-state index >= 15 is 0 Å². The van der Waals surface area contributed by atoms with Crippen molar-refractivity contribution in [2.24, 2.45) is 5.92 Å². The van der Waals surface area contributed by atoms with Gasteiger partial charge in [0.2, 0.25) is 5.91 Å². The monoisotopic (exact) mass is 399 g/mol. The first kappa shape index (κ1) is 23.3. The van der Waals surface area contributed by atoms with Crippen LogP contribution in [-0.4, -0.2) is 37.6 Å². The summed E-state index contributed by atoms with van der Waals surface area (Å²) in [7, 11) is -2.28. The van der Waals surface area contributed by atoms with Gasteiger partial charge in [-0.3, -0.25) is 4.79 Å². The third-order valence-corrected chi connectivity index (χ3v) is 5.96. The third-order valence-electron chi connectivity index (χ3n) is 4.39. The fourth-order valence-corrected chi connectivity index (χ4v) is 3.05. The van der Waals surface area contributed by atoms with Crippen LogP contribution in [0.1, 0.15) is 59.9 Å². The zero-order valence-corrected chi connectivity index (χ0v) is 18.3. The molecule has 0 unspecified atom stereocenters. The Labute approximate surface area is 164 Å². The molecule has 0 N–H and O–H groups in total. The fraction of sp³-hybridized carbons (Fsp3) is 0.650. The number of amides is 1. The Kier molecular flexibility index (Phi) is 8.59. The lowest BCUT2D eigenvalue weighted by Gasteiger charge is -2.29. The quantitative estimate of drug-likeness (QED) is 0.556. The molecule has 1 amide bonds. The predicted molar refractivity (Wildman–Crippen MR) is 107 cm³/mol. The molecule has 0 aliphatic heterocycles. The largest absolute Gasteiger partial charge is 0.493 e. The summed E-state index contributed by atoms with van der Waals surface area (Å²) in [6.07, 6.45) is 1.32. The van der Waals surface area contributed by atoms with Crippen molar-refractivity contribution in [3.05, 3.63) is 23.8 Å². The fourth-order valence-electron chi connectivity index (χ4n) is 2.48. The Bertz CT molecular complexity index is 728. The van der Waals surface area contributed by atoms with Gasteiger partial charge in [0.15, 0.2) is 11.5 Å². The minimum absolute atomic E-state index is 0.0853. The van der Waals surface area contributed by atoms with Gasteiger partial charge in [-0.25, -0.2) is 0 Å². The maximum absolute atomic E-state index is 12.7. The normalized spacial score (nSPS) is 12.9. The summed E-state index contributed by atoms with van der Waals surface area (Å²) >= 11 is 0. The highest BCUT2D eigenvalue weighted by Crippen LogP contribution is 2.31. The minimum atomic E-state index is -3.74. The number of carbonyl (C=O) groups is 1. The van der Waals surface area contributed by atoms with E-state index in [4.69, 9.17) is 8.92 Å². The van der Waals surface area contributed by atoms with E-state index in [1.165, 1.54) is 7.11 Å². The summed E-state index contributed by atoms with van der Waals surface area (Å²) in [5.74, 6) is 0.845. The van der Waals surface area contributed by atoms with Crippen molar-refractivity contribution in [1.82, 2.24) is 4.90 Å². The number of carbonyl (C=O) groups excluding carboxylic acids is 1. The zero-order valence-electron chi connectivity index (χ0n) is 17.5. The minimum Gasteiger partial charge on any atom is -0.493 e. The molecule has 0 saturated carbocycles. The van der Waals surface area contributed by atoms with Crippen molar-refractivity contribution >= 4 is 16.0 Å². The van der Waals surface area contributed by atoms with E-state index in [0.717, 1.165) is 12.0 Å². The average molecular weight is 400 g/mol. The maximum Gasteiger partial charge on any atom is 0.311 e. The maximum atomic E-state index is 12.7. The van der Waals surface area contributed by atoms with Crippen LogP contribution in [0.15, 0.2) is 18.2 Å². The Morgan fingerprint density at radius 3 is 2.22 bits per heavy atom. The van der Waals surface area contributed by atoms with Gasteiger partial charge < -0.3 is 13.8 Å². The van der Waals surface area contributed by atoms with E-state index in [9.17, 15) is 13.2 Å². The highest BCUT2D eigenvalue weighted by atomic mass is 32.2. The molecule has 154 valence electrons. The Morgan fingerprint density at radius 1 is 1.11 bits per heavy atom. The summed E-state index contributed by atoms with van der Waals surface area (Å²) in [6.45, 7) is 11.6. The van der Waals surface area contributed by atoms with Crippen molar-refractivity contribution in [3.8, 4) is 11.5 Å². The third kappa shape index (κ3) is 6.72. The highest BCUT2D eigenvalue weighted by molar-refractivity contribution is 7.87. The van der Waals surface area contributed by atoms with Crippen molar-refractivity contribution in [1.29, 1.82) is 0 Å². The van der Waals surface area contributed by atoms with Crippen LogP contribution in [0.4, 0.5) is 0 Å². The van der Waals surface area contributed by atoms with E-state index in [1.807, 2.05) is 38.7 Å². The lowest BCUT2D eigenvalue weighted by Crippen LogP contribution is -2.38. The van der Waals surface area contributed by atoms with Gasteiger partial charge in [0.1, 0.15) is 0 Å². The second-order valence-electron chi connectivity index (χ2n) is 7.49. The van der Waals surface area contributed by atoms with E-state index in [0.29, 0.717) is 18.7 Å². The molecule has 1 rings (SSSR count).